The highest BCUT2D eigenvalue weighted by Crippen LogP contribution is 2.25. The predicted molar refractivity (Wildman–Crippen MR) is 80.5 cm³/mol. The topological polar surface area (TPSA) is 96.0 Å². The fourth-order valence-corrected chi connectivity index (χ4v) is 3.18. The smallest absolute Gasteiger partial charge is 0.263 e. The summed E-state index contributed by atoms with van der Waals surface area (Å²) in [5, 5.41) is 8.96. The molecule has 0 aliphatic rings. The van der Waals surface area contributed by atoms with Crippen LogP contribution in [0, 0.1) is 11.3 Å². The molecule has 0 saturated heterocycles. The number of nitrogen functional groups attached to an aromatic ring is 1. The van der Waals surface area contributed by atoms with Crippen molar-refractivity contribution in [2.24, 2.45) is 0 Å². The van der Waals surface area contributed by atoms with Gasteiger partial charge in [-0.3, -0.25) is 4.72 Å². The van der Waals surface area contributed by atoms with Gasteiger partial charge in [-0.1, -0.05) is 12.1 Å². The second kappa shape index (κ2) is 5.53. The van der Waals surface area contributed by atoms with Crippen molar-refractivity contribution < 1.29 is 8.42 Å². The normalized spacial score (nSPS) is 10.8. The minimum atomic E-state index is -3.82. The number of rotatable bonds is 3. The van der Waals surface area contributed by atoms with Gasteiger partial charge in [0.05, 0.1) is 11.3 Å². The quantitative estimate of drug-likeness (QED) is 0.830. The summed E-state index contributed by atoms with van der Waals surface area (Å²) in [6.45, 7) is 0. The zero-order valence-corrected chi connectivity index (χ0v) is 12.6. The van der Waals surface area contributed by atoms with Crippen molar-refractivity contribution in [3.8, 4) is 6.07 Å². The number of nitriles is 1. The molecule has 0 aliphatic heterocycles. The molecule has 0 radical (unpaired) electrons. The molecule has 0 aliphatic carbocycles. The third-order valence-electron chi connectivity index (χ3n) is 2.55. The molecule has 0 bridgehead atoms. The van der Waals surface area contributed by atoms with Crippen molar-refractivity contribution in [1.29, 1.82) is 5.26 Å². The number of nitrogens with one attached hydrogen (secondary N) is 1. The van der Waals surface area contributed by atoms with Crippen LogP contribution in [0.1, 0.15) is 5.56 Å². The van der Waals surface area contributed by atoms with Crippen molar-refractivity contribution in [2.75, 3.05) is 10.5 Å². The van der Waals surface area contributed by atoms with Gasteiger partial charge in [0.1, 0.15) is 11.0 Å². The average molecular weight is 352 g/mol. The second-order valence-corrected chi connectivity index (χ2v) is 6.45. The summed E-state index contributed by atoms with van der Waals surface area (Å²) in [6, 6.07) is 12.6. The van der Waals surface area contributed by atoms with E-state index in [0.717, 1.165) is 0 Å². The Morgan fingerprint density at radius 2 is 1.90 bits per heavy atom. The average Bonchev–Trinajstić information content (AvgIpc) is 2.42. The lowest BCUT2D eigenvalue weighted by Gasteiger charge is -2.10. The third kappa shape index (κ3) is 2.92. The molecule has 2 aromatic carbocycles. The molecule has 20 heavy (non-hydrogen) atoms. The van der Waals surface area contributed by atoms with Gasteiger partial charge in [0.15, 0.2) is 0 Å². The molecular weight excluding hydrogens is 342 g/mol. The number of nitrogens with zero attached hydrogens (tertiary/aromatic N) is 1. The first kappa shape index (κ1) is 14.4. The number of anilines is 2. The summed E-state index contributed by atoms with van der Waals surface area (Å²) in [4.78, 5) is -0.0598. The van der Waals surface area contributed by atoms with E-state index in [0.29, 0.717) is 15.8 Å². The van der Waals surface area contributed by atoms with Crippen molar-refractivity contribution in [3.63, 3.8) is 0 Å². The third-order valence-corrected chi connectivity index (χ3v) is 4.68. The van der Waals surface area contributed by atoms with Crippen LogP contribution in [-0.2, 0) is 10.0 Å². The molecule has 0 aromatic heterocycles. The van der Waals surface area contributed by atoms with Crippen LogP contribution < -0.4 is 10.5 Å². The van der Waals surface area contributed by atoms with E-state index in [4.69, 9.17) is 11.0 Å². The summed E-state index contributed by atoms with van der Waals surface area (Å²) >= 11 is 3.23. The Morgan fingerprint density at radius 1 is 1.20 bits per heavy atom. The van der Waals surface area contributed by atoms with Gasteiger partial charge in [-0.2, -0.15) is 5.26 Å². The Bertz CT molecular complexity index is 798. The van der Waals surface area contributed by atoms with E-state index in [1.807, 2.05) is 6.07 Å². The Morgan fingerprint density at radius 3 is 2.55 bits per heavy atom. The van der Waals surface area contributed by atoms with Crippen LogP contribution >= 0.6 is 15.9 Å². The number of nitrogens with two attached hydrogens (primary N) is 1. The minimum Gasteiger partial charge on any atom is -0.398 e. The van der Waals surface area contributed by atoms with Gasteiger partial charge in [-0.15, -0.1) is 0 Å². The van der Waals surface area contributed by atoms with E-state index in [-0.39, 0.29) is 10.5 Å². The van der Waals surface area contributed by atoms with E-state index in [9.17, 15) is 8.42 Å². The fourth-order valence-electron chi connectivity index (χ4n) is 1.59. The molecule has 0 atom stereocenters. The number of halogens is 1. The summed E-state index contributed by atoms with van der Waals surface area (Å²) < 4.78 is 27.5. The zero-order chi connectivity index (χ0) is 14.8. The first-order valence-electron chi connectivity index (χ1n) is 5.51. The summed E-state index contributed by atoms with van der Waals surface area (Å²) in [7, 11) is -3.82. The SMILES string of the molecule is N#Cc1ccccc1S(=O)(=O)Nc1ccc(N)c(Br)c1. The highest BCUT2D eigenvalue weighted by molar-refractivity contribution is 9.10. The largest absolute Gasteiger partial charge is 0.398 e. The van der Waals surface area contributed by atoms with E-state index < -0.39 is 10.0 Å². The van der Waals surface area contributed by atoms with E-state index in [1.54, 1.807) is 30.3 Å². The highest BCUT2D eigenvalue weighted by atomic mass is 79.9. The highest BCUT2D eigenvalue weighted by Gasteiger charge is 2.18. The molecule has 2 rings (SSSR count). The van der Waals surface area contributed by atoms with Crippen LogP contribution in [0.4, 0.5) is 11.4 Å². The molecule has 0 heterocycles. The summed E-state index contributed by atoms with van der Waals surface area (Å²) in [5.74, 6) is 0. The molecule has 0 spiro atoms. The van der Waals surface area contributed by atoms with Crippen LogP contribution in [0.2, 0.25) is 0 Å². The second-order valence-electron chi connectivity index (χ2n) is 3.95. The molecule has 0 fully saturated rings. The lowest BCUT2D eigenvalue weighted by Crippen LogP contribution is -2.14. The molecule has 5 nitrogen and oxygen atoms in total. The summed E-state index contributed by atoms with van der Waals surface area (Å²) in [6.07, 6.45) is 0. The minimum absolute atomic E-state index is 0.0598. The molecule has 2 aromatic rings. The molecule has 3 N–H and O–H groups in total. The standard InChI is InChI=1S/C13H10BrN3O2S/c14-11-7-10(5-6-12(11)16)17-20(18,19)13-4-2-1-3-9(13)8-15/h1-7,17H,16H2. The monoisotopic (exact) mass is 351 g/mol. The van der Waals surface area contributed by atoms with Gasteiger partial charge in [-0.05, 0) is 46.3 Å². The van der Waals surface area contributed by atoms with Crippen molar-refractivity contribution >= 4 is 37.3 Å². The predicted octanol–water partition coefficient (Wildman–Crippen LogP) is 2.70. The lowest BCUT2D eigenvalue weighted by atomic mass is 10.2. The van der Waals surface area contributed by atoms with Gasteiger partial charge in [-0.25, -0.2) is 8.42 Å². The van der Waals surface area contributed by atoms with Gasteiger partial charge in [0, 0.05) is 10.2 Å². The zero-order valence-electron chi connectivity index (χ0n) is 10.2. The number of hydrogen-bond acceptors (Lipinski definition) is 4. The Labute approximate surface area is 125 Å². The molecule has 0 amide bonds. The maximum Gasteiger partial charge on any atom is 0.263 e. The first-order chi connectivity index (χ1) is 9.44. The van der Waals surface area contributed by atoms with Gasteiger partial charge in [0.2, 0.25) is 0 Å². The van der Waals surface area contributed by atoms with E-state index >= 15 is 0 Å². The number of hydrogen-bond donors (Lipinski definition) is 2. The number of benzene rings is 2. The van der Waals surface area contributed by atoms with Crippen LogP contribution in [0.3, 0.4) is 0 Å². The molecule has 0 saturated carbocycles. The van der Waals surface area contributed by atoms with E-state index in [1.165, 1.54) is 12.1 Å². The van der Waals surface area contributed by atoms with Gasteiger partial charge >= 0.3 is 0 Å². The Hall–Kier alpha value is -2.04. The molecule has 102 valence electrons. The number of sulfonamides is 1. The first-order valence-corrected chi connectivity index (χ1v) is 7.78. The maximum atomic E-state index is 12.3. The Balaban J connectivity index is 2.41. The van der Waals surface area contributed by atoms with E-state index in [2.05, 4.69) is 20.7 Å². The summed E-state index contributed by atoms with van der Waals surface area (Å²) in [5.41, 5.74) is 6.60. The fraction of sp³-hybridized carbons (Fsp3) is 0. The Kier molecular flexibility index (Phi) is 3.97. The molecule has 0 unspecified atom stereocenters. The van der Waals surface area contributed by atoms with Crippen LogP contribution in [0.25, 0.3) is 0 Å². The molecular formula is C13H10BrN3O2S. The van der Waals surface area contributed by atoms with Crippen molar-refractivity contribution in [2.45, 2.75) is 4.90 Å². The maximum absolute atomic E-state index is 12.3. The lowest BCUT2D eigenvalue weighted by molar-refractivity contribution is 0.601. The van der Waals surface area contributed by atoms with Gasteiger partial charge < -0.3 is 5.73 Å². The van der Waals surface area contributed by atoms with Crippen molar-refractivity contribution in [1.82, 2.24) is 0 Å². The van der Waals surface area contributed by atoms with Crippen LogP contribution in [0.5, 0.6) is 0 Å². The van der Waals surface area contributed by atoms with Crippen LogP contribution in [0.15, 0.2) is 51.8 Å². The van der Waals surface area contributed by atoms with Crippen LogP contribution in [-0.4, -0.2) is 8.42 Å². The van der Waals surface area contributed by atoms with Gasteiger partial charge in [0.25, 0.3) is 10.0 Å². The molecule has 7 heteroatoms. The van der Waals surface area contributed by atoms with Crippen molar-refractivity contribution in [3.05, 3.63) is 52.5 Å².